The van der Waals surface area contributed by atoms with Crippen LogP contribution in [-0.4, -0.2) is 12.2 Å². The molecule has 3 N–H and O–H groups in total. The van der Waals surface area contributed by atoms with Crippen LogP contribution in [0.2, 0.25) is 0 Å². The van der Waals surface area contributed by atoms with Crippen LogP contribution in [0.3, 0.4) is 0 Å². The predicted molar refractivity (Wildman–Crippen MR) is 49.0 cm³/mol. The molecule has 5 heteroatoms. The van der Waals surface area contributed by atoms with Gasteiger partial charge in [-0.1, -0.05) is 12.8 Å². The molecule has 2 unspecified atom stereocenters. The molecule has 0 spiro atoms. The third-order valence-corrected chi connectivity index (χ3v) is 1.90. The Hall–Kier alpha value is 0.430. The summed E-state index contributed by atoms with van der Waals surface area (Å²) in [5.41, 5.74) is 2.48. The quantitative estimate of drug-likeness (QED) is 0.503. The lowest BCUT2D eigenvalue weighted by molar-refractivity contribution is 0.190. The summed E-state index contributed by atoms with van der Waals surface area (Å²) in [5.74, 6) is 5.10. The van der Waals surface area contributed by atoms with Crippen molar-refractivity contribution < 1.29 is 4.39 Å². The van der Waals surface area contributed by atoms with Crippen LogP contribution in [0, 0.1) is 0 Å². The SMILES string of the molecule is Cl.Cl.NNC1CCCCC1F. The average molecular weight is 205 g/mol. The zero-order valence-corrected chi connectivity index (χ0v) is 7.89. The highest BCUT2D eigenvalue weighted by Crippen LogP contribution is 2.20. The van der Waals surface area contributed by atoms with Crippen LogP contribution < -0.4 is 11.3 Å². The zero-order chi connectivity index (χ0) is 6.69. The summed E-state index contributed by atoms with van der Waals surface area (Å²) in [7, 11) is 0. The minimum Gasteiger partial charge on any atom is -0.271 e. The molecule has 0 aromatic rings. The lowest BCUT2D eigenvalue weighted by atomic mass is 9.94. The van der Waals surface area contributed by atoms with Gasteiger partial charge in [0.25, 0.3) is 0 Å². The second kappa shape index (κ2) is 7.10. The van der Waals surface area contributed by atoms with Gasteiger partial charge >= 0.3 is 0 Å². The third kappa shape index (κ3) is 4.11. The number of hydrogen-bond donors (Lipinski definition) is 2. The third-order valence-electron chi connectivity index (χ3n) is 1.90. The van der Waals surface area contributed by atoms with Crippen molar-refractivity contribution in [2.45, 2.75) is 37.9 Å². The van der Waals surface area contributed by atoms with E-state index in [-0.39, 0.29) is 30.9 Å². The normalized spacial score (nSPS) is 30.0. The van der Waals surface area contributed by atoms with Crippen LogP contribution in [0.4, 0.5) is 4.39 Å². The number of alkyl halides is 1. The maximum Gasteiger partial charge on any atom is 0.117 e. The molecule has 70 valence electrons. The molecule has 0 aliphatic heterocycles. The molecule has 0 saturated heterocycles. The number of nitrogens with two attached hydrogens (primary N) is 1. The lowest BCUT2D eigenvalue weighted by Gasteiger charge is -2.24. The Morgan fingerprint density at radius 1 is 1.18 bits per heavy atom. The maximum absolute atomic E-state index is 12.7. The molecule has 2 atom stereocenters. The van der Waals surface area contributed by atoms with Crippen LogP contribution in [-0.2, 0) is 0 Å². The first-order valence-electron chi connectivity index (χ1n) is 3.45. The molecule has 1 fully saturated rings. The minimum atomic E-state index is -0.719. The van der Waals surface area contributed by atoms with Gasteiger partial charge in [0, 0.05) is 0 Å². The summed E-state index contributed by atoms with van der Waals surface area (Å²) in [6, 6.07) is -0.0845. The summed E-state index contributed by atoms with van der Waals surface area (Å²) >= 11 is 0. The fraction of sp³-hybridized carbons (Fsp3) is 1.00. The van der Waals surface area contributed by atoms with Crippen molar-refractivity contribution in [3.8, 4) is 0 Å². The van der Waals surface area contributed by atoms with Gasteiger partial charge in [0.05, 0.1) is 6.04 Å². The highest BCUT2D eigenvalue weighted by atomic mass is 35.5. The van der Waals surface area contributed by atoms with Gasteiger partial charge in [-0.05, 0) is 12.8 Å². The Balaban J connectivity index is 0. The smallest absolute Gasteiger partial charge is 0.117 e. The molecule has 1 aliphatic carbocycles. The van der Waals surface area contributed by atoms with Gasteiger partial charge in [0.15, 0.2) is 0 Å². The molecule has 0 heterocycles. The molecular formula is C6H15Cl2FN2. The first-order chi connectivity index (χ1) is 4.34. The van der Waals surface area contributed by atoms with Crippen LogP contribution in [0.5, 0.6) is 0 Å². The van der Waals surface area contributed by atoms with E-state index in [0.29, 0.717) is 6.42 Å². The first-order valence-corrected chi connectivity index (χ1v) is 3.45. The van der Waals surface area contributed by atoms with Crippen LogP contribution in [0.1, 0.15) is 25.7 Å². The van der Waals surface area contributed by atoms with Gasteiger partial charge in [-0.15, -0.1) is 24.8 Å². The van der Waals surface area contributed by atoms with Crippen LogP contribution >= 0.6 is 24.8 Å². The Labute approximate surface area is 78.9 Å². The summed E-state index contributed by atoms with van der Waals surface area (Å²) in [6.07, 6.45) is 2.96. The van der Waals surface area contributed by atoms with E-state index in [1.807, 2.05) is 0 Å². The van der Waals surface area contributed by atoms with Crippen LogP contribution in [0.25, 0.3) is 0 Å². The van der Waals surface area contributed by atoms with Crippen molar-refractivity contribution in [1.29, 1.82) is 0 Å². The molecular weight excluding hydrogens is 190 g/mol. The van der Waals surface area contributed by atoms with E-state index in [2.05, 4.69) is 5.43 Å². The zero-order valence-electron chi connectivity index (χ0n) is 6.25. The summed E-state index contributed by atoms with van der Waals surface area (Å²) in [6.45, 7) is 0. The molecule has 2 nitrogen and oxygen atoms in total. The van der Waals surface area contributed by atoms with E-state index < -0.39 is 6.17 Å². The second-order valence-electron chi connectivity index (χ2n) is 2.57. The summed E-state index contributed by atoms with van der Waals surface area (Å²) in [4.78, 5) is 0. The van der Waals surface area contributed by atoms with Crippen molar-refractivity contribution in [1.82, 2.24) is 5.43 Å². The first kappa shape index (κ1) is 14.0. The fourth-order valence-electron chi connectivity index (χ4n) is 1.27. The number of nitrogens with one attached hydrogen (secondary N) is 1. The van der Waals surface area contributed by atoms with Crippen LogP contribution in [0.15, 0.2) is 0 Å². The largest absolute Gasteiger partial charge is 0.271 e. The van der Waals surface area contributed by atoms with Crippen molar-refractivity contribution in [3.63, 3.8) is 0 Å². The van der Waals surface area contributed by atoms with E-state index in [1.165, 1.54) is 0 Å². The monoisotopic (exact) mass is 204 g/mol. The highest BCUT2D eigenvalue weighted by Gasteiger charge is 2.22. The Morgan fingerprint density at radius 3 is 2.09 bits per heavy atom. The van der Waals surface area contributed by atoms with Crippen molar-refractivity contribution >= 4 is 24.8 Å². The molecule has 11 heavy (non-hydrogen) atoms. The molecule has 1 saturated carbocycles. The number of hydrazine groups is 1. The predicted octanol–water partition coefficient (Wildman–Crippen LogP) is 1.57. The number of halogens is 3. The van der Waals surface area contributed by atoms with E-state index >= 15 is 0 Å². The lowest BCUT2D eigenvalue weighted by Crippen LogP contribution is -2.43. The van der Waals surface area contributed by atoms with E-state index in [1.54, 1.807) is 0 Å². The van der Waals surface area contributed by atoms with Gasteiger partial charge in [0.2, 0.25) is 0 Å². The topological polar surface area (TPSA) is 38.0 Å². The molecule has 0 aromatic carbocycles. The molecule has 0 bridgehead atoms. The number of rotatable bonds is 1. The molecule has 0 aromatic heterocycles. The van der Waals surface area contributed by atoms with Gasteiger partial charge in [-0.25, -0.2) is 4.39 Å². The second-order valence-corrected chi connectivity index (χ2v) is 2.57. The van der Waals surface area contributed by atoms with Gasteiger partial charge in [0.1, 0.15) is 6.17 Å². The standard InChI is InChI=1S/C6H13FN2.2ClH/c7-5-3-1-2-4-6(5)9-8;;/h5-6,9H,1-4,8H2;2*1H. The van der Waals surface area contributed by atoms with Crippen molar-refractivity contribution in [2.75, 3.05) is 0 Å². The van der Waals surface area contributed by atoms with Crippen molar-refractivity contribution in [3.05, 3.63) is 0 Å². The summed E-state index contributed by atoms with van der Waals surface area (Å²) in [5, 5.41) is 0. The van der Waals surface area contributed by atoms with E-state index in [4.69, 9.17) is 5.84 Å². The van der Waals surface area contributed by atoms with Gasteiger partial charge in [-0.3, -0.25) is 11.3 Å². The fourth-order valence-corrected chi connectivity index (χ4v) is 1.27. The summed E-state index contributed by atoms with van der Waals surface area (Å²) < 4.78 is 12.7. The number of hydrogen-bond acceptors (Lipinski definition) is 2. The van der Waals surface area contributed by atoms with Gasteiger partial charge < -0.3 is 0 Å². The molecule has 1 aliphatic rings. The van der Waals surface area contributed by atoms with E-state index in [9.17, 15) is 4.39 Å². The molecule has 1 rings (SSSR count). The molecule has 0 amide bonds. The van der Waals surface area contributed by atoms with Gasteiger partial charge in [-0.2, -0.15) is 0 Å². The maximum atomic E-state index is 12.7. The molecule has 0 radical (unpaired) electrons. The Bertz CT molecular complexity index is 94.7. The Morgan fingerprint density at radius 2 is 1.73 bits per heavy atom. The minimum absolute atomic E-state index is 0. The van der Waals surface area contributed by atoms with Crippen molar-refractivity contribution in [2.24, 2.45) is 5.84 Å². The highest BCUT2D eigenvalue weighted by molar-refractivity contribution is 5.85. The average Bonchev–Trinajstić information content (AvgIpc) is 1.89. The Kier molecular flexibility index (Phi) is 9.02. The van der Waals surface area contributed by atoms with E-state index in [0.717, 1.165) is 19.3 Å².